The summed E-state index contributed by atoms with van der Waals surface area (Å²) in [7, 11) is 0. The Morgan fingerprint density at radius 1 is 1.35 bits per heavy atom. The molecule has 6 heteroatoms. The molecule has 2 unspecified atom stereocenters. The molecule has 2 saturated heterocycles. The number of nitrogens with one attached hydrogen (secondary N) is 1. The number of halogens is 1. The van der Waals surface area contributed by atoms with E-state index in [2.05, 4.69) is 31.0 Å². The number of aliphatic imine (C=N–C) groups is 1. The average Bonchev–Trinajstić information content (AvgIpc) is 2.90. The van der Waals surface area contributed by atoms with Crippen LogP contribution in [0.4, 0.5) is 0 Å². The first kappa shape index (κ1) is 21.4. The molecule has 0 spiro atoms. The molecule has 2 N–H and O–H groups in total. The molecule has 2 atom stereocenters. The van der Waals surface area contributed by atoms with Gasteiger partial charge < -0.3 is 15.3 Å². The molecule has 0 bridgehead atoms. The molecule has 0 amide bonds. The summed E-state index contributed by atoms with van der Waals surface area (Å²) in [5.74, 6) is 2.87. The fourth-order valence-corrected chi connectivity index (χ4v) is 4.96. The summed E-state index contributed by atoms with van der Waals surface area (Å²) in [6.45, 7) is 10.4. The molecule has 0 aromatic carbocycles. The average molecular weight is 455 g/mol. The van der Waals surface area contributed by atoms with Gasteiger partial charge in [0.05, 0.1) is 12.1 Å². The first-order valence-corrected chi connectivity index (χ1v) is 9.99. The molecule has 2 fully saturated rings. The summed E-state index contributed by atoms with van der Waals surface area (Å²) in [4.78, 5) is 7.20. The normalized spacial score (nSPS) is 31.8. The number of thioether (sulfide) groups is 1. The van der Waals surface area contributed by atoms with Gasteiger partial charge in [0.15, 0.2) is 5.96 Å². The van der Waals surface area contributed by atoms with E-state index >= 15 is 0 Å². The monoisotopic (exact) mass is 455 g/mol. The lowest BCUT2D eigenvalue weighted by Gasteiger charge is -2.42. The number of hydrogen-bond acceptors (Lipinski definition) is 3. The minimum absolute atomic E-state index is 0. The first-order chi connectivity index (χ1) is 10.5. The van der Waals surface area contributed by atoms with Crippen LogP contribution in [0.1, 0.15) is 52.9 Å². The van der Waals surface area contributed by atoms with Gasteiger partial charge in [-0.2, -0.15) is 11.8 Å². The predicted molar refractivity (Wildman–Crippen MR) is 112 cm³/mol. The third-order valence-corrected chi connectivity index (χ3v) is 6.11. The molecular weight excluding hydrogens is 421 g/mol. The van der Waals surface area contributed by atoms with E-state index in [-0.39, 0.29) is 24.0 Å². The Morgan fingerprint density at radius 2 is 2.13 bits per heavy atom. The molecule has 0 radical (unpaired) electrons. The molecule has 0 aromatic rings. The van der Waals surface area contributed by atoms with Crippen LogP contribution >= 0.6 is 35.7 Å². The fraction of sp³-hybridized carbons (Fsp3) is 0.941. The SMILES string of the molecule is CCCC1(C)CCCN(C(=NCC2(O)CCSC2)NCC)C1.I. The second kappa shape index (κ2) is 9.70. The Kier molecular flexibility index (Phi) is 9.01. The van der Waals surface area contributed by atoms with Gasteiger partial charge in [-0.15, -0.1) is 24.0 Å². The summed E-state index contributed by atoms with van der Waals surface area (Å²) in [6.07, 6.45) is 5.95. The van der Waals surface area contributed by atoms with Crippen molar-refractivity contribution in [3.8, 4) is 0 Å². The summed E-state index contributed by atoms with van der Waals surface area (Å²) < 4.78 is 0. The van der Waals surface area contributed by atoms with Gasteiger partial charge in [-0.05, 0) is 43.8 Å². The standard InChI is InChI=1S/C17H33N3OS.HI/c1-4-7-16(3)8-6-10-20(13-16)15(18-5-2)19-12-17(21)9-11-22-14-17;/h21H,4-14H2,1-3H3,(H,18,19);1H. The van der Waals surface area contributed by atoms with Crippen LogP contribution in [-0.2, 0) is 0 Å². The van der Waals surface area contributed by atoms with E-state index in [0.29, 0.717) is 12.0 Å². The molecule has 0 aliphatic carbocycles. The van der Waals surface area contributed by atoms with Crippen molar-refractivity contribution in [2.75, 3.05) is 37.7 Å². The zero-order valence-electron chi connectivity index (χ0n) is 14.9. The number of aliphatic hydroxyl groups is 1. The van der Waals surface area contributed by atoms with Gasteiger partial charge >= 0.3 is 0 Å². The molecule has 2 aliphatic rings. The predicted octanol–water partition coefficient (Wildman–Crippen LogP) is 3.34. The van der Waals surface area contributed by atoms with Crippen molar-refractivity contribution in [2.45, 2.75) is 58.5 Å². The maximum atomic E-state index is 10.5. The van der Waals surface area contributed by atoms with Crippen LogP contribution in [0.5, 0.6) is 0 Å². The Balaban J connectivity index is 0.00000264. The van der Waals surface area contributed by atoms with Crippen molar-refractivity contribution in [1.29, 1.82) is 0 Å². The van der Waals surface area contributed by atoms with Crippen molar-refractivity contribution < 1.29 is 5.11 Å². The van der Waals surface area contributed by atoms with E-state index in [0.717, 1.165) is 43.5 Å². The van der Waals surface area contributed by atoms with Crippen LogP contribution in [0, 0.1) is 5.41 Å². The largest absolute Gasteiger partial charge is 0.387 e. The number of guanidine groups is 1. The molecule has 0 aromatic heterocycles. The van der Waals surface area contributed by atoms with Crippen molar-refractivity contribution in [3.63, 3.8) is 0 Å². The number of nitrogens with zero attached hydrogens (tertiary/aromatic N) is 2. The fourth-order valence-electron chi connectivity index (χ4n) is 3.67. The second-order valence-corrected chi connectivity index (χ2v) is 8.39. The first-order valence-electron chi connectivity index (χ1n) is 8.84. The zero-order valence-corrected chi connectivity index (χ0v) is 18.1. The lowest BCUT2D eigenvalue weighted by Crippen LogP contribution is -2.50. The zero-order chi connectivity index (χ0) is 16.1. The lowest BCUT2D eigenvalue weighted by molar-refractivity contribution is 0.0770. The summed E-state index contributed by atoms with van der Waals surface area (Å²) in [6, 6.07) is 0. The smallest absolute Gasteiger partial charge is 0.194 e. The van der Waals surface area contributed by atoms with E-state index in [1.165, 1.54) is 25.7 Å². The third-order valence-electron chi connectivity index (χ3n) is 4.87. The van der Waals surface area contributed by atoms with Crippen molar-refractivity contribution in [2.24, 2.45) is 10.4 Å². The highest BCUT2D eigenvalue weighted by molar-refractivity contribution is 14.0. The second-order valence-electron chi connectivity index (χ2n) is 7.28. The Bertz CT molecular complexity index is 384. The van der Waals surface area contributed by atoms with Crippen LogP contribution < -0.4 is 5.32 Å². The van der Waals surface area contributed by atoms with E-state index in [1.54, 1.807) is 0 Å². The Labute approximate surface area is 163 Å². The number of piperidine rings is 1. The topological polar surface area (TPSA) is 47.9 Å². The van der Waals surface area contributed by atoms with Crippen LogP contribution in [0.15, 0.2) is 4.99 Å². The van der Waals surface area contributed by atoms with Crippen molar-refractivity contribution in [1.82, 2.24) is 10.2 Å². The molecule has 136 valence electrons. The van der Waals surface area contributed by atoms with Crippen LogP contribution in [0.2, 0.25) is 0 Å². The summed E-state index contributed by atoms with van der Waals surface area (Å²) in [5, 5.41) is 14.0. The molecule has 0 saturated carbocycles. The highest BCUT2D eigenvalue weighted by Gasteiger charge is 2.34. The molecule has 4 nitrogen and oxygen atoms in total. The van der Waals surface area contributed by atoms with Gasteiger partial charge in [0, 0.05) is 25.4 Å². The quantitative estimate of drug-likeness (QED) is 0.379. The number of rotatable bonds is 5. The molecular formula is C17H34IN3OS. The molecule has 2 aliphatic heterocycles. The molecule has 23 heavy (non-hydrogen) atoms. The Hall–Kier alpha value is 0.310. The lowest BCUT2D eigenvalue weighted by atomic mass is 9.78. The van der Waals surface area contributed by atoms with Gasteiger partial charge in [-0.3, -0.25) is 4.99 Å². The third kappa shape index (κ3) is 6.27. The van der Waals surface area contributed by atoms with Crippen molar-refractivity contribution in [3.05, 3.63) is 0 Å². The van der Waals surface area contributed by atoms with Gasteiger partial charge in [-0.1, -0.05) is 20.3 Å². The number of likely N-dealkylation sites (tertiary alicyclic amines) is 1. The molecule has 2 rings (SSSR count). The van der Waals surface area contributed by atoms with Gasteiger partial charge in [-0.25, -0.2) is 0 Å². The van der Waals surface area contributed by atoms with Gasteiger partial charge in [0.2, 0.25) is 0 Å². The number of hydrogen-bond donors (Lipinski definition) is 2. The van der Waals surface area contributed by atoms with Crippen molar-refractivity contribution >= 4 is 41.7 Å². The maximum absolute atomic E-state index is 10.5. The minimum Gasteiger partial charge on any atom is -0.387 e. The highest BCUT2D eigenvalue weighted by Crippen LogP contribution is 2.34. The maximum Gasteiger partial charge on any atom is 0.194 e. The van der Waals surface area contributed by atoms with Crippen LogP contribution in [0.25, 0.3) is 0 Å². The van der Waals surface area contributed by atoms with Crippen LogP contribution in [0.3, 0.4) is 0 Å². The van der Waals surface area contributed by atoms with E-state index in [4.69, 9.17) is 4.99 Å². The van der Waals surface area contributed by atoms with Gasteiger partial charge in [0.25, 0.3) is 0 Å². The van der Waals surface area contributed by atoms with Gasteiger partial charge in [0.1, 0.15) is 0 Å². The summed E-state index contributed by atoms with van der Waals surface area (Å²) >= 11 is 1.83. The van der Waals surface area contributed by atoms with E-state index in [1.807, 2.05) is 11.8 Å². The van der Waals surface area contributed by atoms with Crippen LogP contribution in [-0.4, -0.2) is 59.3 Å². The van der Waals surface area contributed by atoms with E-state index in [9.17, 15) is 5.11 Å². The highest BCUT2D eigenvalue weighted by atomic mass is 127. The summed E-state index contributed by atoms with van der Waals surface area (Å²) in [5.41, 5.74) is -0.183. The van der Waals surface area contributed by atoms with E-state index < -0.39 is 5.60 Å². The molecule has 2 heterocycles. The minimum atomic E-state index is -0.589. The Morgan fingerprint density at radius 3 is 2.74 bits per heavy atom.